The normalized spacial score (nSPS) is 12.4. The Morgan fingerprint density at radius 3 is 2.58 bits per heavy atom. The summed E-state index contributed by atoms with van der Waals surface area (Å²) in [5, 5.41) is 3.28. The van der Waals surface area contributed by atoms with Crippen molar-refractivity contribution in [1.29, 1.82) is 0 Å². The second kappa shape index (κ2) is 6.64. The van der Waals surface area contributed by atoms with Crippen molar-refractivity contribution in [3.8, 4) is 0 Å². The van der Waals surface area contributed by atoms with Gasteiger partial charge in [0.05, 0.1) is 0 Å². The average Bonchev–Trinajstić information content (AvgIpc) is 2.37. The van der Waals surface area contributed by atoms with Crippen LogP contribution in [0.2, 0.25) is 0 Å². The molecule has 1 nitrogen and oxygen atoms in total. The van der Waals surface area contributed by atoms with Gasteiger partial charge in [-0.2, -0.15) is 0 Å². The van der Waals surface area contributed by atoms with Crippen LogP contribution in [0.25, 0.3) is 0 Å². The number of rotatable bonds is 4. The summed E-state index contributed by atoms with van der Waals surface area (Å²) < 4.78 is 15.3. The highest BCUT2D eigenvalue weighted by atomic mass is 79.9. The van der Waals surface area contributed by atoms with E-state index < -0.39 is 0 Å². The Kier molecular flexibility index (Phi) is 5.13. The predicted octanol–water partition coefficient (Wildman–Crippen LogP) is 4.85. The molecule has 0 aliphatic heterocycles. The van der Waals surface area contributed by atoms with E-state index >= 15 is 0 Å². The minimum Gasteiger partial charge on any atom is -0.313 e. The quantitative estimate of drug-likeness (QED) is 0.791. The molecule has 0 aromatic heterocycles. The third-order valence-corrected chi connectivity index (χ3v) is 4.20. The van der Waals surface area contributed by atoms with Crippen LogP contribution < -0.4 is 5.32 Å². The lowest BCUT2D eigenvalue weighted by Crippen LogP contribution is -2.19. The zero-order valence-corrected chi connectivity index (χ0v) is 13.6. The monoisotopic (exact) mass is 385 g/mol. The predicted molar refractivity (Wildman–Crippen MR) is 83.7 cm³/mol. The maximum atomic E-state index is 13.2. The molecule has 0 spiro atoms. The van der Waals surface area contributed by atoms with Crippen LogP contribution in [0.4, 0.5) is 4.39 Å². The van der Waals surface area contributed by atoms with Crippen molar-refractivity contribution in [2.45, 2.75) is 12.5 Å². The Morgan fingerprint density at radius 1 is 1.16 bits per heavy atom. The van der Waals surface area contributed by atoms with Crippen LogP contribution in [-0.2, 0) is 6.42 Å². The van der Waals surface area contributed by atoms with Crippen molar-refractivity contribution in [3.63, 3.8) is 0 Å². The molecule has 2 aromatic carbocycles. The molecule has 2 aromatic rings. The second-order valence-electron chi connectivity index (χ2n) is 4.34. The average molecular weight is 387 g/mol. The van der Waals surface area contributed by atoms with Gasteiger partial charge in [0.2, 0.25) is 0 Å². The van der Waals surface area contributed by atoms with Crippen LogP contribution >= 0.6 is 31.9 Å². The van der Waals surface area contributed by atoms with E-state index in [1.165, 1.54) is 6.07 Å². The Labute approximate surface area is 129 Å². The van der Waals surface area contributed by atoms with Gasteiger partial charge < -0.3 is 5.32 Å². The largest absolute Gasteiger partial charge is 0.313 e. The molecule has 19 heavy (non-hydrogen) atoms. The fraction of sp³-hybridized carbons (Fsp3) is 0.200. The van der Waals surface area contributed by atoms with Crippen LogP contribution in [0.5, 0.6) is 0 Å². The zero-order chi connectivity index (χ0) is 13.8. The SMILES string of the molecule is CNC(Cc1cccc(F)c1)c1ccc(Br)cc1Br. The first-order valence-electron chi connectivity index (χ1n) is 5.97. The van der Waals surface area contributed by atoms with E-state index in [1.54, 1.807) is 12.1 Å². The Morgan fingerprint density at radius 2 is 1.95 bits per heavy atom. The maximum Gasteiger partial charge on any atom is 0.123 e. The highest BCUT2D eigenvalue weighted by molar-refractivity contribution is 9.11. The summed E-state index contributed by atoms with van der Waals surface area (Å²) in [5.41, 5.74) is 2.14. The van der Waals surface area contributed by atoms with E-state index in [0.29, 0.717) is 0 Å². The van der Waals surface area contributed by atoms with Gasteiger partial charge in [-0.25, -0.2) is 4.39 Å². The molecule has 0 fully saturated rings. The zero-order valence-electron chi connectivity index (χ0n) is 10.5. The van der Waals surface area contributed by atoms with Gasteiger partial charge in [0, 0.05) is 15.0 Å². The molecule has 2 rings (SSSR count). The smallest absolute Gasteiger partial charge is 0.123 e. The van der Waals surface area contributed by atoms with Crippen LogP contribution in [0.3, 0.4) is 0 Å². The van der Waals surface area contributed by atoms with Crippen LogP contribution in [0, 0.1) is 5.82 Å². The summed E-state index contributed by atoms with van der Waals surface area (Å²) in [4.78, 5) is 0. The molecule has 0 heterocycles. The van der Waals surface area contributed by atoms with E-state index in [9.17, 15) is 4.39 Å². The standard InChI is InChI=1S/C15H14Br2FN/c1-19-15(8-10-3-2-4-12(18)7-10)13-6-5-11(16)9-14(13)17/h2-7,9,15,19H,8H2,1H3. The third kappa shape index (κ3) is 3.88. The van der Waals surface area contributed by atoms with Crippen molar-refractivity contribution in [1.82, 2.24) is 5.32 Å². The van der Waals surface area contributed by atoms with Gasteiger partial charge in [-0.05, 0) is 48.9 Å². The van der Waals surface area contributed by atoms with Gasteiger partial charge in [0.15, 0.2) is 0 Å². The van der Waals surface area contributed by atoms with Crippen molar-refractivity contribution in [3.05, 3.63) is 68.4 Å². The Hall–Kier alpha value is -0.710. The number of halogens is 3. The van der Waals surface area contributed by atoms with Crippen molar-refractivity contribution in [2.24, 2.45) is 0 Å². The molecule has 0 aliphatic carbocycles. The number of benzene rings is 2. The summed E-state index contributed by atoms with van der Waals surface area (Å²) in [6.45, 7) is 0. The molecule has 0 radical (unpaired) electrons. The Balaban J connectivity index is 2.25. The molecule has 0 aliphatic rings. The van der Waals surface area contributed by atoms with Crippen molar-refractivity contribution in [2.75, 3.05) is 7.05 Å². The van der Waals surface area contributed by atoms with E-state index in [-0.39, 0.29) is 11.9 Å². The summed E-state index contributed by atoms with van der Waals surface area (Å²) in [7, 11) is 1.92. The van der Waals surface area contributed by atoms with Gasteiger partial charge in [-0.1, -0.05) is 50.1 Å². The third-order valence-electron chi connectivity index (χ3n) is 3.02. The molecule has 0 amide bonds. The fourth-order valence-electron chi connectivity index (χ4n) is 2.05. The van der Waals surface area contributed by atoms with Gasteiger partial charge in [-0.15, -0.1) is 0 Å². The van der Waals surface area contributed by atoms with Gasteiger partial charge in [0.1, 0.15) is 5.82 Å². The molecule has 0 bridgehead atoms. The van der Waals surface area contributed by atoms with Gasteiger partial charge >= 0.3 is 0 Å². The van der Waals surface area contributed by atoms with Crippen molar-refractivity contribution < 1.29 is 4.39 Å². The maximum absolute atomic E-state index is 13.2. The molecule has 1 unspecified atom stereocenters. The molecule has 1 N–H and O–H groups in total. The summed E-state index contributed by atoms with van der Waals surface area (Å²) in [6.07, 6.45) is 0.745. The van der Waals surface area contributed by atoms with Gasteiger partial charge in [-0.3, -0.25) is 0 Å². The lowest BCUT2D eigenvalue weighted by Gasteiger charge is -2.18. The van der Waals surface area contributed by atoms with Crippen molar-refractivity contribution >= 4 is 31.9 Å². The fourth-order valence-corrected chi connectivity index (χ4v) is 3.37. The van der Waals surface area contributed by atoms with Crippen LogP contribution in [-0.4, -0.2) is 7.05 Å². The first kappa shape index (κ1) is 14.7. The van der Waals surface area contributed by atoms with E-state index in [2.05, 4.69) is 43.2 Å². The molecule has 1 atom stereocenters. The molecule has 100 valence electrons. The number of hydrogen-bond acceptors (Lipinski definition) is 1. The molecule has 4 heteroatoms. The number of likely N-dealkylation sites (N-methyl/N-ethyl adjacent to an activating group) is 1. The highest BCUT2D eigenvalue weighted by Crippen LogP contribution is 2.28. The topological polar surface area (TPSA) is 12.0 Å². The van der Waals surface area contributed by atoms with Gasteiger partial charge in [0.25, 0.3) is 0 Å². The summed E-state index contributed by atoms with van der Waals surface area (Å²) in [6, 6.07) is 13.0. The van der Waals surface area contributed by atoms with E-state index in [4.69, 9.17) is 0 Å². The second-order valence-corrected chi connectivity index (χ2v) is 6.11. The Bertz CT molecular complexity index is 572. The van der Waals surface area contributed by atoms with E-state index in [0.717, 1.165) is 26.5 Å². The highest BCUT2D eigenvalue weighted by Gasteiger charge is 2.13. The summed E-state index contributed by atoms with van der Waals surface area (Å²) >= 11 is 7.02. The molecule has 0 saturated heterocycles. The van der Waals surface area contributed by atoms with Crippen LogP contribution in [0.1, 0.15) is 17.2 Å². The first-order valence-corrected chi connectivity index (χ1v) is 7.55. The van der Waals surface area contributed by atoms with E-state index in [1.807, 2.05) is 25.2 Å². The molecule has 0 saturated carbocycles. The molecular weight excluding hydrogens is 373 g/mol. The lowest BCUT2D eigenvalue weighted by molar-refractivity contribution is 0.582. The first-order chi connectivity index (χ1) is 9.10. The minimum atomic E-state index is -0.192. The molecular formula is C15H14Br2FN. The van der Waals surface area contributed by atoms with Crippen LogP contribution in [0.15, 0.2) is 51.4 Å². The number of hydrogen-bond donors (Lipinski definition) is 1. The lowest BCUT2D eigenvalue weighted by atomic mass is 9.99. The minimum absolute atomic E-state index is 0.143. The number of nitrogens with one attached hydrogen (secondary N) is 1. The summed E-state index contributed by atoms with van der Waals surface area (Å²) in [5.74, 6) is -0.192.